The van der Waals surface area contributed by atoms with E-state index in [-0.39, 0.29) is 5.91 Å². The molecule has 3 nitrogen and oxygen atoms in total. The van der Waals surface area contributed by atoms with E-state index in [1.807, 2.05) is 29.2 Å². The standard InChI is InChI=1S/C14H20N2O/c1-11-8-9-16(10-11)14(17)7-4-12-2-5-13(15)6-3-12/h2-3,5-6,11H,4,7-10,15H2,1H3. The van der Waals surface area contributed by atoms with Crippen molar-refractivity contribution < 1.29 is 4.79 Å². The number of anilines is 1. The van der Waals surface area contributed by atoms with Crippen molar-refractivity contribution >= 4 is 11.6 Å². The van der Waals surface area contributed by atoms with Gasteiger partial charge in [-0.1, -0.05) is 19.1 Å². The Morgan fingerprint density at radius 1 is 1.41 bits per heavy atom. The molecule has 1 aromatic rings. The Hall–Kier alpha value is -1.51. The number of carbonyl (C=O) groups excluding carboxylic acids is 1. The zero-order valence-corrected chi connectivity index (χ0v) is 10.4. The molecule has 1 aliphatic heterocycles. The molecule has 0 bridgehead atoms. The van der Waals surface area contributed by atoms with Crippen LogP contribution in [-0.4, -0.2) is 23.9 Å². The van der Waals surface area contributed by atoms with Gasteiger partial charge in [0.05, 0.1) is 0 Å². The summed E-state index contributed by atoms with van der Waals surface area (Å²) >= 11 is 0. The number of rotatable bonds is 3. The highest BCUT2D eigenvalue weighted by Crippen LogP contribution is 2.16. The molecule has 92 valence electrons. The highest BCUT2D eigenvalue weighted by Gasteiger charge is 2.22. The van der Waals surface area contributed by atoms with Crippen LogP contribution in [0.25, 0.3) is 0 Å². The van der Waals surface area contributed by atoms with E-state index < -0.39 is 0 Å². The van der Waals surface area contributed by atoms with Gasteiger partial charge in [0.25, 0.3) is 0 Å². The van der Waals surface area contributed by atoms with E-state index in [1.165, 1.54) is 5.56 Å². The van der Waals surface area contributed by atoms with Gasteiger partial charge in [-0.25, -0.2) is 0 Å². The Balaban J connectivity index is 1.82. The van der Waals surface area contributed by atoms with Gasteiger partial charge in [-0.15, -0.1) is 0 Å². The van der Waals surface area contributed by atoms with Gasteiger partial charge in [-0.3, -0.25) is 4.79 Å². The van der Waals surface area contributed by atoms with Crippen molar-refractivity contribution in [3.05, 3.63) is 29.8 Å². The summed E-state index contributed by atoms with van der Waals surface area (Å²) in [6.45, 7) is 4.07. The molecule has 2 rings (SSSR count). The minimum absolute atomic E-state index is 0.283. The molecule has 0 aromatic heterocycles. The van der Waals surface area contributed by atoms with Crippen LogP contribution >= 0.6 is 0 Å². The lowest BCUT2D eigenvalue weighted by molar-refractivity contribution is -0.130. The Labute approximate surface area is 103 Å². The maximum absolute atomic E-state index is 11.9. The maximum atomic E-state index is 11.9. The third-order valence-electron chi connectivity index (χ3n) is 3.38. The first kappa shape index (κ1) is 12.0. The lowest BCUT2D eigenvalue weighted by Gasteiger charge is -2.15. The summed E-state index contributed by atoms with van der Waals surface area (Å²) in [5.41, 5.74) is 7.57. The lowest BCUT2D eigenvalue weighted by atomic mass is 10.1. The van der Waals surface area contributed by atoms with E-state index in [2.05, 4.69) is 6.92 Å². The van der Waals surface area contributed by atoms with E-state index in [9.17, 15) is 4.79 Å². The SMILES string of the molecule is CC1CCN(C(=O)CCc2ccc(N)cc2)C1. The number of hydrogen-bond donors (Lipinski definition) is 1. The van der Waals surface area contributed by atoms with Crippen LogP contribution in [0.1, 0.15) is 25.3 Å². The summed E-state index contributed by atoms with van der Waals surface area (Å²) in [7, 11) is 0. The van der Waals surface area contributed by atoms with Crippen LogP contribution in [0.2, 0.25) is 0 Å². The number of aryl methyl sites for hydroxylation is 1. The van der Waals surface area contributed by atoms with Crippen molar-refractivity contribution in [2.75, 3.05) is 18.8 Å². The summed E-state index contributed by atoms with van der Waals surface area (Å²) in [5, 5.41) is 0. The minimum Gasteiger partial charge on any atom is -0.399 e. The number of likely N-dealkylation sites (tertiary alicyclic amines) is 1. The summed E-state index contributed by atoms with van der Waals surface area (Å²) in [4.78, 5) is 13.9. The summed E-state index contributed by atoms with van der Waals surface area (Å²) in [5.74, 6) is 0.946. The third kappa shape index (κ3) is 3.22. The van der Waals surface area contributed by atoms with Gasteiger partial charge < -0.3 is 10.6 Å². The van der Waals surface area contributed by atoms with Crippen molar-refractivity contribution in [2.24, 2.45) is 5.92 Å². The summed E-state index contributed by atoms with van der Waals surface area (Å²) in [6, 6.07) is 7.76. The van der Waals surface area contributed by atoms with Crippen molar-refractivity contribution in [3.8, 4) is 0 Å². The fourth-order valence-electron chi connectivity index (χ4n) is 2.26. The van der Waals surface area contributed by atoms with Crippen LogP contribution in [0.3, 0.4) is 0 Å². The average Bonchev–Trinajstić information content (AvgIpc) is 2.75. The van der Waals surface area contributed by atoms with E-state index in [0.717, 1.165) is 31.6 Å². The molecule has 1 amide bonds. The molecule has 0 radical (unpaired) electrons. The monoisotopic (exact) mass is 232 g/mol. The molecule has 1 fully saturated rings. The molecule has 1 saturated heterocycles. The first-order chi connectivity index (χ1) is 8.15. The Bertz CT molecular complexity index is 386. The predicted octanol–water partition coefficient (Wildman–Crippen LogP) is 2.07. The van der Waals surface area contributed by atoms with Crippen molar-refractivity contribution in [1.82, 2.24) is 4.90 Å². The van der Waals surface area contributed by atoms with Crippen LogP contribution in [0, 0.1) is 5.92 Å². The molecule has 3 heteroatoms. The maximum Gasteiger partial charge on any atom is 0.222 e. The second kappa shape index (κ2) is 5.21. The van der Waals surface area contributed by atoms with Crippen molar-refractivity contribution in [1.29, 1.82) is 0 Å². The van der Waals surface area contributed by atoms with Gasteiger partial charge in [-0.2, -0.15) is 0 Å². The molecule has 17 heavy (non-hydrogen) atoms. The largest absolute Gasteiger partial charge is 0.399 e. The van der Waals surface area contributed by atoms with Gasteiger partial charge in [-0.05, 0) is 36.5 Å². The van der Waals surface area contributed by atoms with Gasteiger partial charge >= 0.3 is 0 Å². The molecule has 1 heterocycles. The number of amides is 1. The predicted molar refractivity (Wildman–Crippen MR) is 69.5 cm³/mol. The quantitative estimate of drug-likeness (QED) is 0.811. The molecule has 0 spiro atoms. The third-order valence-corrected chi connectivity index (χ3v) is 3.38. The molecule has 1 unspecified atom stereocenters. The van der Waals surface area contributed by atoms with Gasteiger partial charge in [0, 0.05) is 25.2 Å². The average molecular weight is 232 g/mol. The Morgan fingerprint density at radius 2 is 2.12 bits per heavy atom. The van der Waals surface area contributed by atoms with Crippen LogP contribution in [0.5, 0.6) is 0 Å². The van der Waals surface area contributed by atoms with Crippen LogP contribution in [0.4, 0.5) is 5.69 Å². The van der Waals surface area contributed by atoms with Gasteiger partial charge in [0.2, 0.25) is 5.91 Å². The summed E-state index contributed by atoms with van der Waals surface area (Å²) in [6.07, 6.45) is 2.56. The van der Waals surface area contributed by atoms with Crippen molar-refractivity contribution in [2.45, 2.75) is 26.2 Å². The first-order valence-electron chi connectivity index (χ1n) is 6.27. The topological polar surface area (TPSA) is 46.3 Å². The van der Waals surface area contributed by atoms with E-state index in [0.29, 0.717) is 12.3 Å². The fourth-order valence-corrected chi connectivity index (χ4v) is 2.26. The molecule has 1 aliphatic rings. The van der Waals surface area contributed by atoms with Crippen molar-refractivity contribution in [3.63, 3.8) is 0 Å². The molecule has 1 aromatic carbocycles. The number of carbonyl (C=O) groups is 1. The first-order valence-corrected chi connectivity index (χ1v) is 6.27. The Kier molecular flexibility index (Phi) is 3.67. The van der Waals surface area contributed by atoms with Gasteiger partial charge in [0.15, 0.2) is 0 Å². The fraction of sp³-hybridized carbons (Fsp3) is 0.500. The number of hydrogen-bond acceptors (Lipinski definition) is 2. The normalized spacial score (nSPS) is 19.6. The van der Waals surface area contributed by atoms with Crippen LogP contribution in [0.15, 0.2) is 24.3 Å². The molecule has 2 N–H and O–H groups in total. The zero-order valence-electron chi connectivity index (χ0n) is 10.4. The molecule has 1 atom stereocenters. The van der Waals surface area contributed by atoms with E-state index >= 15 is 0 Å². The second-order valence-electron chi connectivity index (χ2n) is 4.98. The number of nitrogens with zero attached hydrogens (tertiary/aromatic N) is 1. The molecule has 0 aliphatic carbocycles. The highest BCUT2D eigenvalue weighted by atomic mass is 16.2. The smallest absolute Gasteiger partial charge is 0.222 e. The lowest BCUT2D eigenvalue weighted by Crippen LogP contribution is -2.28. The Morgan fingerprint density at radius 3 is 2.71 bits per heavy atom. The minimum atomic E-state index is 0.283. The van der Waals surface area contributed by atoms with Crippen LogP contribution in [-0.2, 0) is 11.2 Å². The number of benzene rings is 1. The van der Waals surface area contributed by atoms with Gasteiger partial charge in [0.1, 0.15) is 0 Å². The summed E-state index contributed by atoms with van der Waals surface area (Å²) < 4.78 is 0. The molecule has 0 saturated carbocycles. The second-order valence-corrected chi connectivity index (χ2v) is 4.98. The van der Waals surface area contributed by atoms with E-state index in [4.69, 9.17) is 5.73 Å². The van der Waals surface area contributed by atoms with E-state index in [1.54, 1.807) is 0 Å². The molecular weight excluding hydrogens is 212 g/mol. The number of nitrogen functional groups attached to an aromatic ring is 1. The number of nitrogens with two attached hydrogens (primary N) is 1. The molecular formula is C14H20N2O. The van der Waals surface area contributed by atoms with Crippen LogP contribution < -0.4 is 5.73 Å². The zero-order chi connectivity index (χ0) is 12.3. The highest BCUT2D eigenvalue weighted by molar-refractivity contribution is 5.76.